The van der Waals surface area contributed by atoms with Gasteiger partial charge >= 0.3 is 0 Å². The van der Waals surface area contributed by atoms with Gasteiger partial charge in [-0.25, -0.2) is 9.97 Å². The second-order valence-electron chi connectivity index (χ2n) is 6.47. The molecule has 0 saturated heterocycles. The molecule has 0 bridgehead atoms. The first kappa shape index (κ1) is 16.9. The van der Waals surface area contributed by atoms with Gasteiger partial charge in [-0.1, -0.05) is 6.07 Å². The number of thiophene rings is 2. The van der Waals surface area contributed by atoms with E-state index in [-0.39, 0.29) is 5.91 Å². The number of carbonyl (C=O) groups excluding carboxylic acids is 1. The third-order valence-electron chi connectivity index (χ3n) is 4.70. The zero-order chi connectivity index (χ0) is 18.4. The van der Waals surface area contributed by atoms with Gasteiger partial charge in [-0.15, -0.1) is 34.0 Å². The molecule has 4 heterocycles. The van der Waals surface area contributed by atoms with Gasteiger partial charge in [-0.2, -0.15) is 0 Å². The Kier molecular flexibility index (Phi) is 4.18. The molecule has 0 aliphatic heterocycles. The molecule has 0 saturated carbocycles. The minimum absolute atomic E-state index is 0.222. The van der Waals surface area contributed by atoms with Crippen molar-refractivity contribution in [1.29, 1.82) is 0 Å². The Morgan fingerprint density at radius 2 is 2.07 bits per heavy atom. The van der Waals surface area contributed by atoms with Gasteiger partial charge in [0.1, 0.15) is 9.71 Å². The first-order valence-electron chi connectivity index (χ1n) is 8.70. The van der Waals surface area contributed by atoms with Crippen LogP contribution < -0.4 is 11.1 Å². The average Bonchev–Trinajstić information content (AvgIpc) is 3.41. The molecule has 0 unspecified atom stereocenters. The van der Waals surface area contributed by atoms with E-state index in [2.05, 4.69) is 16.4 Å². The highest BCUT2D eigenvalue weighted by Gasteiger charge is 2.21. The first-order chi connectivity index (χ1) is 13.2. The van der Waals surface area contributed by atoms with E-state index in [0.29, 0.717) is 15.7 Å². The Morgan fingerprint density at radius 3 is 2.93 bits per heavy atom. The van der Waals surface area contributed by atoms with Crippen LogP contribution in [0, 0.1) is 0 Å². The number of hydrogen-bond acceptors (Lipinski definition) is 7. The standard InChI is InChI=1S/C19H16N4OS3/c20-15-11-8-10-4-1-2-5-12(10)21-18(11)27-16(15)17(24)23-19-22-13(9-26-19)14-6-3-7-25-14/h3,6-9H,1-2,4-5,20H2,(H,22,23,24). The molecule has 0 spiro atoms. The highest BCUT2D eigenvalue weighted by molar-refractivity contribution is 7.21. The summed E-state index contributed by atoms with van der Waals surface area (Å²) < 4.78 is 0. The van der Waals surface area contributed by atoms with Crippen LogP contribution in [0.1, 0.15) is 33.8 Å². The summed E-state index contributed by atoms with van der Waals surface area (Å²) in [5, 5.41) is 8.32. The SMILES string of the molecule is Nc1c(C(=O)Nc2nc(-c3cccs3)cs2)sc2nc3c(cc12)CCCC3. The Hall–Kier alpha value is -2.29. The summed E-state index contributed by atoms with van der Waals surface area (Å²) in [6, 6.07) is 6.13. The fraction of sp³-hybridized carbons (Fsp3) is 0.211. The molecule has 136 valence electrons. The van der Waals surface area contributed by atoms with Gasteiger partial charge in [-0.05, 0) is 48.8 Å². The van der Waals surface area contributed by atoms with Crippen LogP contribution in [0.3, 0.4) is 0 Å². The van der Waals surface area contributed by atoms with Gasteiger partial charge in [0.15, 0.2) is 5.13 Å². The molecule has 0 radical (unpaired) electrons. The zero-order valence-corrected chi connectivity index (χ0v) is 16.8. The molecule has 1 aliphatic carbocycles. The number of aromatic nitrogens is 2. The van der Waals surface area contributed by atoms with Crippen molar-refractivity contribution < 1.29 is 4.79 Å². The summed E-state index contributed by atoms with van der Waals surface area (Å²) in [5.41, 5.74) is 10.1. The van der Waals surface area contributed by atoms with Crippen molar-refractivity contribution in [2.24, 2.45) is 0 Å². The lowest BCUT2D eigenvalue weighted by molar-refractivity contribution is 0.103. The molecule has 1 aliphatic rings. The second kappa shape index (κ2) is 6.70. The Morgan fingerprint density at radius 1 is 1.19 bits per heavy atom. The van der Waals surface area contributed by atoms with Crippen molar-refractivity contribution in [2.45, 2.75) is 25.7 Å². The lowest BCUT2D eigenvalue weighted by Crippen LogP contribution is -2.11. The van der Waals surface area contributed by atoms with Gasteiger partial charge < -0.3 is 5.73 Å². The maximum Gasteiger partial charge on any atom is 0.269 e. The monoisotopic (exact) mass is 412 g/mol. The van der Waals surface area contributed by atoms with E-state index < -0.39 is 0 Å². The Balaban J connectivity index is 1.44. The van der Waals surface area contributed by atoms with Crippen LogP contribution >= 0.6 is 34.0 Å². The van der Waals surface area contributed by atoms with Gasteiger partial charge in [-0.3, -0.25) is 10.1 Å². The van der Waals surface area contributed by atoms with E-state index >= 15 is 0 Å². The van der Waals surface area contributed by atoms with Crippen molar-refractivity contribution >= 4 is 61.0 Å². The lowest BCUT2D eigenvalue weighted by Gasteiger charge is -2.14. The molecule has 4 aromatic heterocycles. The first-order valence-corrected chi connectivity index (χ1v) is 11.3. The topological polar surface area (TPSA) is 80.9 Å². The van der Waals surface area contributed by atoms with Gasteiger partial charge in [0.05, 0.1) is 16.3 Å². The van der Waals surface area contributed by atoms with E-state index in [1.807, 2.05) is 22.9 Å². The molecular weight excluding hydrogens is 396 g/mol. The minimum atomic E-state index is -0.222. The summed E-state index contributed by atoms with van der Waals surface area (Å²) in [6.07, 6.45) is 4.42. The summed E-state index contributed by atoms with van der Waals surface area (Å²) in [4.78, 5) is 24.5. The van der Waals surface area contributed by atoms with Gasteiger partial charge in [0.25, 0.3) is 5.91 Å². The molecule has 8 heteroatoms. The van der Waals surface area contributed by atoms with Crippen LogP contribution in [0.15, 0.2) is 29.0 Å². The minimum Gasteiger partial charge on any atom is -0.397 e. The molecule has 27 heavy (non-hydrogen) atoms. The largest absolute Gasteiger partial charge is 0.397 e. The molecule has 1 amide bonds. The fourth-order valence-corrected chi connectivity index (χ4v) is 5.81. The summed E-state index contributed by atoms with van der Waals surface area (Å²) in [5.74, 6) is -0.222. The maximum absolute atomic E-state index is 12.8. The molecule has 5 nitrogen and oxygen atoms in total. The number of amides is 1. The van der Waals surface area contributed by atoms with Crippen molar-refractivity contribution in [3.05, 3.63) is 45.1 Å². The molecule has 0 atom stereocenters. The number of hydrogen-bond donors (Lipinski definition) is 2. The lowest BCUT2D eigenvalue weighted by atomic mass is 9.95. The van der Waals surface area contributed by atoms with Crippen LogP contribution in [0.5, 0.6) is 0 Å². The highest BCUT2D eigenvalue weighted by Crippen LogP contribution is 2.36. The molecule has 4 aromatic rings. The van der Waals surface area contributed by atoms with Crippen LogP contribution in [-0.2, 0) is 12.8 Å². The number of aryl methyl sites for hydroxylation is 2. The number of nitrogens with two attached hydrogens (primary N) is 1. The number of carbonyl (C=O) groups is 1. The number of rotatable bonds is 3. The predicted octanol–water partition coefficient (Wildman–Crippen LogP) is 5.19. The molecule has 3 N–H and O–H groups in total. The molecule has 0 fully saturated rings. The summed E-state index contributed by atoms with van der Waals surface area (Å²) in [7, 11) is 0. The van der Waals surface area contributed by atoms with E-state index in [9.17, 15) is 4.79 Å². The van der Waals surface area contributed by atoms with Crippen molar-refractivity contribution in [2.75, 3.05) is 11.1 Å². The highest BCUT2D eigenvalue weighted by atomic mass is 32.1. The van der Waals surface area contributed by atoms with E-state index in [1.165, 1.54) is 41.1 Å². The van der Waals surface area contributed by atoms with Crippen molar-refractivity contribution in [3.63, 3.8) is 0 Å². The van der Waals surface area contributed by atoms with Crippen LogP contribution in [-0.4, -0.2) is 15.9 Å². The van der Waals surface area contributed by atoms with E-state index in [4.69, 9.17) is 10.7 Å². The van der Waals surface area contributed by atoms with Gasteiger partial charge in [0, 0.05) is 16.5 Å². The van der Waals surface area contributed by atoms with E-state index in [0.717, 1.165) is 39.3 Å². The fourth-order valence-electron chi connectivity index (χ4n) is 3.35. The predicted molar refractivity (Wildman–Crippen MR) is 114 cm³/mol. The summed E-state index contributed by atoms with van der Waals surface area (Å²) in [6.45, 7) is 0. The third kappa shape index (κ3) is 3.03. The number of fused-ring (bicyclic) bond motifs is 2. The van der Waals surface area contributed by atoms with Crippen LogP contribution in [0.2, 0.25) is 0 Å². The van der Waals surface area contributed by atoms with Crippen LogP contribution in [0.4, 0.5) is 10.8 Å². The molecule has 5 rings (SSSR count). The normalized spacial score (nSPS) is 13.6. The second-order valence-corrected chi connectivity index (χ2v) is 9.27. The molecular formula is C19H16N4OS3. The quantitative estimate of drug-likeness (QED) is 0.485. The Bertz CT molecular complexity index is 1140. The maximum atomic E-state index is 12.8. The number of pyridine rings is 1. The average molecular weight is 413 g/mol. The summed E-state index contributed by atoms with van der Waals surface area (Å²) >= 11 is 4.40. The van der Waals surface area contributed by atoms with E-state index in [1.54, 1.807) is 11.3 Å². The smallest absolute Gasteiger partial charge is 0.269 e. The number of nitrogens with one attached hydrogen (secondary N) is 1. The number of thiazole rings is 1. The third-order valence-corrected chi connectivity index (χ3v) is 7.47. The van der Waals surface area contributed by atoms with Crippen molar-refractivity contribution in [3.8, 4) is 10.6 Å². The van der Waals surface area contributed by atoms with Gasteiger partial charge in [0.2, 0.25) is 0 Å². The van der Waals surface area contributed by atoms with Crippen LogP contribution in [0.25, 0.3) is 20.8 Å². The van der Waals surface area contributed by atoms with Crippen molar-refractivity contribution in [1.82, 2.24) is 9.97 Å². The Labute approximate surface area is 167 Å². The number of nitrogens with zero attached hydrogens (tertiary/aromatic N) is 2. The number of anilines is 2. The zero-order valence-electron chi connectivity index (χ0n) is 14.3. The molecule has 0 aromatic carbocycles. The number of nitrogen functional groups attached to an aromatic ring is 1.